The van der Waals surface area contributed by atoms with Gasteiger partial charge in [0.15, 0.2) is 24.6 Å². The van der Waals surface area contributed by atoms with Crippen molar-refractivity contribution in [3.63, 3.8) is 0 Å². The normalized spacial score (nSPS) is 24.6. The Morgan fingerprint density at radius 3 is 1.76 bits per heavy atom. The summed E-state index contributed by atoms with van der Waals surface area (Å²) < 4.78 is 34.0. The molecule has 0 unspecified atom stereocenters. The van der Waals surface area contributed by atoms with Crippen molar-refractivity contribution in [1.29, 1.82) is 0 Å². The molecule has 0 saturated carbocycles. The zero-order valence-electron chi connectivity index (χ0n) is 19.7. The first kappa shape index (κ1) is 29.6. The fourth-order valence-corrected chi connectivity index (χ4v) is 3.97. The van der Waals surface area contributed by atoms with Crippen molar-refractivity contribution in [3.8, 4) is 0 Å². The van der Waals surface area contributed by atoms with Crippen LogP contribution >= 0.6 is 22.6 Å². The van der Waals surface area contributed by atoms with Gasteiger partial charge in [-0.2, -0.15) is 0 Å². The summed E-state index contributed by atoms with van der Waals surface area (Å²) in [5.74, 6) is -2.55. The Morgan fingerprint density at radius 1 is 0.697 bits per heavy atom. The number of esters is 4. The van der Waals surface area contributed by atoms with E-state index in [-0.39, 0.29) is 6.61 Å². The lowest BCUT2D eigenvalue weighted by Crippen LogP contribution is -2.63. The van der Waals surface area contributed by atoms with Crippen LogP contribution in [0.25, 0.3) is 0 Å². The molecule has 33 heavy (non-hydrogen) atoms. The maximum absolute atomic E-state index is 11.8. The average molecular weight is 586 g/mol. The fourth-order valence-electron chi connectivity index (χ4n) is 3.43. The SMILES string of the molecule is CC(=O)OC[C@H]1O[C@@H](OCCCCCCCCI)[C@H](OC(C)=O)[C@@H](OC(C)=O)[C@@H]1OC(C)=O. The molecule has 10 nitrogen and oxygen atoms in total. The minimum Gasteiger partial charge on any atom is -0.463 e. The Labute approximate surface area is 208 Å². The number of ether oxygens (including phenoxy) is 6. The van der Waals surface area contributed by atoms with Crippen molar-refractivity contribution in [3.05, 3.63) is 0 Å². The van der Waals surface area contributed by atoms with Crippen LogP contribution in [0, 0.1) is 0 Å². The molecule has 5 atom stereocenters. The van der Waals surface area contributed by atoms with E-state index in [0.717, 1.165) is 30.1 Å². The molecule has 1 aliphatic rings. The van der Waals surface area contributed by atoms with Crippen LogP contribution in [0.3, 0.4) is 0 Å². The van der Waals surface area contributed by atoms with Gasteiger partial charge in [0.1, 0.15) is 12.7 Å². The molecule has 11 heteroatoms. The summed E-state index contributed by atoms with van der Waals surface area (Å²) in [7, 11) is 0. The molecule has 1 saturated heterocycles. The predicted octanol–water partition coefficient (Wildman–Crippen LogP) is 2.86. The molecular weight excluding hydrogens is 551 g/mol. The Morgan fingerprint density at radius 2 is 1.21 bits per heavy atom. The number of carbonyl (C=O) groups is 4. The molecule has 0 aliphatic carbocycles. The zero-order chi connectivity index (χ0) is 24.8. The van der Waals surface area contributed by atoms with Gasteiger partial charge in [-0.1, -0.05) is 48.3 Å². The third-order valence-electron chi connectivity index (χ3n) is 4.76. The van der Waals surface area contributed by atoms with E-state index in [9.17, 15) is 19.2 Å². The van der Waals surface area contributed by atoms with Gasteiger partial charge < -0.3 is 28.4 Å². The maximum Gasteiger partial charge on any atom is 0.303 e. The van der Waals surface area contributed by atoms with E-state index in [1.807, 2.05) is 0 Å². The molecule has 0 aromatic rings. The average Bonchev–Trinajstić information content (AvgIpc) is 2.71. The molecule has 0 N–H and O–H groups in total. The van der Waals surface area contributed by atoms with Crippen LogP contribution in [-0.4, -0.2) is 72.2 Å². The highest BCUT2D eigenvalue weighted by Gasteiger charge is 2.52. The largest absolute Gasteiger partial charge is 0.463 e. The molecule has 1 heterocycles. The van der Waals surface area contributed by atoms with E-state index < -0.39 is 54.6 Å². The molecule has 1 rings (SSSR count). The van der Waals surface area contributed by atoms with E-state index >= 15 is 0 Å². The molecule has 0 spiro atoms. The molecule has 1 fully saturated rings. The number of hydrogen-bond donors (Lipinski definition) is 0. The topological polar surface area (TPSA) is 124 Å². The smallest absolute Gasteiger partial charge is 0.303 e. The molecular formula is C22H35IO10. The van der Waals surface area contributed by atoms with Gasteiger partial charge in [0.05, 0.1) is 0 Å². The van der Waals surface area contributed by atoms with E-state index in [0.29, 0.717) is 6.61 Å². The van der Waals surface area contributed by atoms with E-state index in [2.05, 4.69) is 22.6 Å². The standard InChI is InChI=1S/C22H35IO10/c1-14(24)29-13-18-19(30-15(2)25)20(31-16(3)26)21(32-17(4)27)22(33-18)28-12-10-8-6-5-7-9-11-23/h18-22H,5-13H2,1-4H3/t18-,19-,20+,21-,22-/m1/s1. The first-order chi connectivity index (χ1) is 15.6. The van der Waals surface area contributed by atoms with Crippen LogP contribution in [0.4, 0.5) is 0 Å². The summed E-state index contributed by atoms with van der Waals surface area (Å²) in [5.41, 5.74) is 0. The van der Waals surface area contributed by atoms with Gasteiger partial charge in [0, 0.05) is 34.3 Å². The van der Waals surface area contributed by atoms with Gasteiger partial charge in [0.25, 0.3) is 0 Å². The monoisotopic (exact) mass is 586 g/mol. The highest BCUT2D eigenvalue weighted by molar-refractivity contribution is 14.1. The van der Waals surface area contributed by atoms with Crippen molar-refractivity contribution < 1.29 is 47.6 Å². The minimum atomic E-state index is -1.21. The second-order valence-corrected chi connectivity index (χ2v) is 8.83. The van der Waals surface area contributed by atoms with Crippen LogP contribution in [0.5, 0.6) is 0 Å². The van der Waals surface area contributed by atoms with Crippen molar-refractivity contribution in [2.24, 2.45) is 0 Å². The van der Waals surface area contributed by atoms with Crippen LogP contribution < -0.4 is 0 Å². The van der Waals surface area contributed by atoms with Gasteiger partial charge in [-0.3, -0.25) is 19.2 Å². The quantitative estimate of drug-likeness (QED) is 0.0987. The van der Waals surface area contributed by atoms with Gasteiger partial charge in [0.2, 0.25) is 0 Å². The molecule has 0 bridgehead atoms. The third-order valence-corrected chi connectivity index (χ3v) is 5.52. The van der Waals surface area contributed by atoms with Gasteiger partial charge in [-0.25, -0.2) is 0 Å². The lowest BCUT2D eigenvalue weighted by atomic mass is 9.98. The number of halogens is 1. The van der Waals surface area contributed by atoms with Crippen LogP contribution in [0.2, 0.25) is 0 Å². The Bertz CT molecular complexity index is 641. The van der Waals surface area contributed by atoms with Crippen LogP contribution in [0.15, 0.2) is 0 Å². The highest BCUT2D eigenvalue weighted by atomic mass is 127. The molecule has 0 aromatic heterocycles. The second-order valence-electron chi connectivity index (χ2n) is 7.75. The van der Waals surface area contributed by atoms with Crippen LogP contribution in [0.1, 0.15) is 66.2 Å². The van der Waals surface area contributed by atoms with Gasteiger partial charge in [-0.05, 0) is 17.3 Å². The number of rotatable bonds is 14. The second kappa shape index (κ2) is 16.2. The number of hydrogen-bond acceptors (Lipinski definition) is 10. The summed E-state index contributed by atoms with van der Waals surface area (Å²) >= 11 is 2.37. The molecule has 190 valence electrons. The number of carbonyl (C=O) groups excluding carboxylic acids is 4. The Balaban J connectivity index is 2.95. The predicted molar refractivity (Wildman–Crippen MR) is 124 cm³/mol. The first-order valence-electron chi connectivity index (χ1n) is 11.1. The molecule has 0 amide bonds. The van der Waals surface area contributed by atoms with E-state index in [1.54, 1.807) is 0 Å². The van der Waals surface area contributed by atoms with E-state index in [1.165, 1.54) is 40.5 Å². The maximum atomic E-state index is 11.8. The van der Waals surface area contributed by atoms with Gasteiger partial charge in [-0.15, -0.1) is 0 Å². The van der Waals surface area contributed by atoms with E-state index in [4.69, 9.17) is 28.4 Å². The van der Waals surface area contributed by atoms with Crippen molar-refractivity contribution in [2.45, 2.75) is 96.9 Å². The number of alkyl halides is 1. The van der Waals surface area contributed by atoms with Gasteiger partial charge >= 0.3 is 23.9 Å². The molecule has 0 radical (unpaired) electrons. The molecule has 0 aromatic carbocycles. The first-order valence-corrected chi connectivity index (χ1v) is 12.7. The Kier molecular flexibility index (Phi) is 14.5. The van der Waals surface area contributed by atoms with Crippen molar-refractivity contribution in [1.82, 2.24) is 0 Å². The number of unbranched alkanes of at least 4 members (excludes halogenated alkanes) is 5. The summed E-state index contributed by atoms with van der Waals surface area (Å²) in [5, 5.41) is 0. The summed E-state index contributed by atoms with van der Waals surface area (Å²) in [6, 6.07) is 0. The molecule has 1 aliphatic heterocycles. The zero-order valence-corrected chi connectivity index (χ0v) is 21.9. The van der Waals surface area contributed by atoms with Crippen molar-refractivity contribution in [2.75, 3.05) is 17.6 Å². The minimum absolute atomic E-state index is 0.269. The summed E-state index contributed by atoms with van der Waals surface area (Å²) in [4.78, 5) is 46.6. The Hall–Kier alpha value is -1.47. The fraction of sp³-hybridized carbons (Fsp3) is 0.818. The summed E-state index contributed by atoms with van der Waals surface area (Å²) in [6.45, 7) is 4.83. The third kappa shape index (κ3) is 12.0. The van der Waals surface area contributed by atoms with Crippen LogP contribution in [-0.2, 0) is 47.6 Å². The lowest BCUT2D eigenvalue weighted by molar-refractivity contribution is -0.308. The lowest BCUT2D eigenvalue weighted by Gasteiger charge is -2.44. The summed E-state index contributed by atoms with van der Waals surface area (Å²) in [6.07, 6.45) is 0.718. The highest BCUT2D eigenvalue weighted by Crippen LogP contribution is 2.30. The van der Waals surface area contributed by atoms with Crippen molar-refractivity contribution >= 4 is 46.5 Å².